The molecule has 0 atom stereocenters. The van der Waals surface area contributed by atoms with Gasteiger partial charge in [-0.2, -0.15) is 0 Å². The van der Waals surface area contributed by atoms with Gasteiger partial charge in [0.05, 0.1) is 0 Å². The summed E-state index contributed by atoms with van der Waals surface area (Å²) in [4.78, 5) is 11.2. The second-order valence-electron chi connectivity index (χ2n) is 4.19. The molecule has 1 aliphatic rings. The highest BCUT2D eigenvalue weighted by Gasteiger charge is 2.17. The summed E-state index contributed by atoms with van der Waals surface area (Å²) < 4.78 is 6.10. The number of hydrogen-bond donors (Lipinski definition) is 0. The zero-order valence-corrected chi connectivity index (χ0v) is 10.3. The first-order valence-corrected chi connectivity index (χ1v) is 6.35. The van der Waals surface area contributed by atoms with Crippen LogP contribution in [-0.2, 0) is 0 Å². The summed E-state index contributed by atoms with van der Waals surface area (Å²) in [6.07, 6.45) is 7.43. The van der Waals surface area contributed by atoms with E-state index in [1.165, 1.54) is 31.7 Å². The topological polar surface area (TPSA) is 30.2 Å². The fraction of sp³-hybridized carbons (Fsp3) is 0.583. The molecule has 1 aromatic rings. The van der Waals surface area contributed by atoms with Crippen molar-refractivity contribution < 1.29 is 4.42 Å². The number of rotatable bonds is 1. The van der Waals surface area contributed by atoms with Crippen LogP contribution in [0.25, 0.3) is 0 Å². The first-order valence-electron chi connectivity index (χ1n) is 5.56. The summed E-state index contributed by atoms with van der Waals surface area (Å²) in [5, 5.41) is 0. The number of hydrogen-bond acceptors (Lipinski definition) is 2. The van der Waals surface area contributed by atoms with Crippen molar-refractivity contribution in [3.05, 3.63) is 32.8 Å². The van der Waals surface area contributed by atoms with Gasteiger partial charge in [-0.25, -0.2) is 4.79 Å². The molecule has 1 heterocycles. The van der Waals surface area contributed by atoms with Gasteiger partial charge in [0.25, 0.3) is 0 Å². The summed E-state index contributed by atoms with van der Waals surface area (Å²) in [6, 6.07) is 3.41. The van der Waals surface area contributed by atoms with E-state index in [2.05, 4.69) is 15.9 Å². The maximum Gasteiger partial charge on any atom is 0.336 e. The Hall–Kier alpha value is -0.570. The van der Waals surface area contributed by atoms with E-state index < -0.39 is 0 Å². The van der Waals surface area contributed by atoms with Crippen molar-refractivity contribution in [1.82, 2.24) is 0 Å². The summed E-state index contributed by atoms with van der Waals surface area (Å²) in [5.74, 6) is 1.30. The van der Waals surface area contributed by atoms with Crippen molar-refractivity contribution >= 4 is 15.9 Å². The Kier molecular flexibility index (Phi) is 3.62. The normalized spacial score (nSPS) is 18.7. The first kappa shape index (κ1) is 10.9. The van der Waals surface area contributed by atoms with E-state index in [1.807, 2.05) is 6.07 Å². The van der Waals surface area contributed by atoms with Crippen LogP contribution in [0, 0.1) is 0 Å². The van der Waals surface area contributed by atoms with Crippen molar-refractivity contribution in [2.45, 2.75) is 44.4 Å². The lowest BCUT2D eigenvalue weighted by Crippen LogP contribution is -2.04. The Balaban J connectivity index is 2.23. The van der Waals surface area contributed by atoms with E-state index in [0.29, 0.717) is 5.92 Å². The van der Waals surface area contributed by atoms with Crippen LogP contribution < -0.4 is 5.63 Å². The van der Waals surface area contributed by atoms with Gasteiger partial charge in [0.2, 0.25) is 0 Å². The standard InChI is InChI=1S/C12H15BrO2/c13-10-7-11(15-12(14)8-10)9-5-3-1-2-4-6-9/h7-9H,1-6H2. The van der Waals surface area contributed by atoms with E-state index in [-0.39, 0.29) is 5.63 Å². The molecule has 0 aromatic carbocycles. The van der Waals surface area contributed by atoms with E-state index >= 15 is 0 Å². The van der Waals surface area contributed by atoms with E-state index in [4.69, 9.17) is 4.42 Å². The van der Waals surface area contributed by atoms with E-state index in [9.17, 15) is 4.79 Å². The average molecular weight is 271 g/mol. The Labute approximate surface area is 97.8 Å². The third-order valence-electron chi connectivity index (χ3n) is 3.01. The lowest BCUT2D eigenvalue weighted by Gasteiger charge is -2.12. The van der Waals surface area contributed by atoms with Gasteiger partial charge in [0, 0.05) is 16.5 Å². The molecule has 1 saturated carbocycles. The highest BCUT2D eigenvalue weighted by molar-refractivity contribution is 9.10. The van der Waals surface area contributed by atoms with Gasteiger partial charge in [-0.3, -0.25) is 0 Å². The molecular formula is C12H15BrO2. The SMILES string of the molecule is O=c1cc(Br)cc(C2CCCCCC2)o1. The van der Waals surface area contributed by atoms with Gasteiger partial charge in [-0.05, 0) is 18.9 Å². The maximum atomic E-state index is 11.2. The molecule has 2 rings (SSSR count). The average Bonchev–Trinajstić information content (AvgIpc) is 2.43. The largest absolute Gasteiger partial charge is 0.428 e. The van der Waals surface area contributed by atoms with Crippen LogP contribution in [0.3, 0.4) is 0 Å². The highest BCUT2D eigenvalue weighted by atomic mass is 79.9. The lowest BCUT2D eigenvalue weighted by molar-refractivity contribution is 0.400. The molecule has 1 aromatic heterocycles. The zero-order chi connectivity index (χ0) is 10.7. The second kappa shape index (κ2) is 4.97. The lowest BCUT2D eigenvalue weighted by atomic mass is 9.97. The third kappa shape index (κ3) is 2.94. The molecule has 0 bridgehead atoms. The maximum absolute atomic E-state index is 11.2. The molecule has 15 heavy (non-hydrogen) atoms. The zero-order valence-electron chi connectivity index (χ0n) is 8.67. The van der Waals surface area contributed by atoms with Crippen molar-refractivity contribution in [2.24, 2.45) is 0 Å². The molecule has 0 radical (unpaired) electrons. The molecule has 0 unspecified atom stereocenters. The van der Waals surface area contributed by atoms with Gasteiger partial charge < -0.3 is 4.42 Å². The minimum atomic E-state index is -0.247. The fourth-order valence-electron chi connectivity index (χ4n) is 2.23. The fourth-order valence-corrected chi connectivity index (χ4v) is 2.64. The second-order valence-corrected chi connectivity index (χ2v) is 5.10. The minimum Gasteiger partial charge on any atom is -0.428 e. The van der Waals surface area contributed by atoms with Crippen LogP contribution in [0.1, 0.15) is 50.2 Å². The Morgan fingerprint density at radius 3 is 2.40 bits per heavy atom. The number of halogens is 1. The van der Waals surface area contributed by atoms with Crippen molar-refractivity contribution in [3.63, 3.8) is 0 Å². The Morgan fingerprint density at radius 2 is 1.80 bits per heavy atom. The van der Waals surface area contributed by atoms with Gasteiger partial charge in [-0.1, -0.05) is 41.6 Å². The Morgan fingerprint density at radius 1 is 1.13 bits per heavy atom. The molecule has 0 saturated heterocycles. The first-order chi connectivity index (χ1) is 7.25. The summed E-state index contributed by atoms with van der Waals surface area (Å²) >= 11 is 3.34. The van der Waals surface area contributed by atoms with Crippen LogP contribution in [-0.4, -0.2) is 0 Å². The molecule has 82 valence electrons. The van der Waals surface area contributed by atoms with Crippen molar-refractivity contribution in [2.75, 3.05) is 0 Å². The molecule has 1 aliphatic carbocycles. The quantitative estimate of drug-likeness (QED) is 0.726. The molecule has 3 heteroatoms. The van der Waals surface area contributed by atoms with Crippen LogP contribution >= 0.6 is 15.9 Å². The van der Waals surface area contributed by atoms with Gasteiger partial charge in [0.1, 0.15) is 5.76 Å². The third-order valence-corrected chi connectivity index (χ3v) is 3.47. The van der Waals surface area contributed by atoms with Crippen LogP contribution in [0.5, 0.6) is 0 Å². The van der Waals surface area contributed by atoms with E-state index in [1.54, 1.807) is 0 Å². The smallest absolute Gasteiger partial charge is 0.336 e. The van der Waals surface area contributed by atoms with Gasteiger partial charge in [-0.15, -0.1) is 0 Å². The van der Waals surface area contributed by atoms with Crippen LogP contribution in [0.4, 0.5) is 0 Å². The molecule has 0 N–H and O–H groups in total. The predicted molar refractivity (Wildman–Crippen MR) is 63.1 cm³/mol. The molecule has 1 fully saturated rings. The minimum absolute atomic E-state index is 0.247. The summed E-state index contributed by atoms with van der Waals surface area (Å²) in [5.41, 5.74) is -0.247. The molecule has 0 amide bonds. The molecular weight excluding hydrogens is 256 g/mol. The predicted octanol–water partition coefficient (Wildman–Crippen LogP) is 3.84. The summed E-state index contributed by atoms with van der Waals surface area (Å²) in [6.45, 7) is 0. The van der Waals surface area contributed by atoms with Gasteiger partial charge >= 0.3 is 5.63 Å². The van der Waals surface area contributed by atoms with Crippen LogP contribution in [0.15, 0.2) is 25.8 Å². The highest BCUT2D eigenvalue weighted by Crippen LogP contribution is 2.31. The van der Waals surface area contributed by atoms with E-state index in [0.717, 1.165) is 23.1 Å². The molecule has 0 aliphatic heterocycles. The van der Waals surface area contributed by atoms with Crippen molar-refractivity contribution in [1.29, 1.82) is 0 Å². The van der Waals surface area contributed by atoms with Crippen LogP contribution in [0.2, 0.25) is 0 Å². The monoisotopic (exact) mass is 270 g/mol. The van der Waals surface area contributed by atoms with Crippen molar-refractivity contribution in [3.8, 4) is 0 Å². The molecule has 0 spiro atoms. The summed E-state index contributed by atoms with van der Waals surface area (Å²) in [7, 11) is 0. The molecule has 2 nitrogen and oxygen atoms in total. The Bertz CT molecular complexity index is 375. The van der Waals surface area contributed by atoms with Gasteiger partial charge in [0.15, 0.2) is 0 Å².